The Kier molecular flexibility index (Phi) is 3.13. The first-order valence-electron chi connectivity index (χ1n) is 3.32. The number of rotatable bonds is 2. The molecule has 0 saturated carbocycles. The van der Waals surface area contributed by atoms with Crippen LogP contribution in [0.2, 0.25) is 0 Å². The van der Waals surface area contributed by atoms with Gasteiger partial charge in [-0.15, -0.1) is 0 Å². The summed E-state index contributed by atoms with van der Waals surface area (Å²) >= 11 is 2.87. The van der Waals surface area contributed by atoms with Crippen LogP contribution in [0.25, 0.3) is 0 Å². The summed E-state index contributed by atoms with van der Waals surface area (Å²) in [5.41, 5.74) is -1.76. The quantitative estimate of drug-likeness (QED) is 0.809. The van der Waals surface area contributed by atoms with Crippen LogP contribution in [0.5, 0.6) is 0 Å². The van der Waals surface area contributed by atoms with E-state index >= 15 is 0 Å². The molecule has 13 heavy (non-hydrogen) atoms. The van der Waals surface area contributed by atoms with E-state index in [1.54, 1.807) is 0 Å². The molecule has 0 unspecified atom stereocenters. The zero-order valence-electron chi connectivity index (χ0n) is 6.28. The second kappa shape index (κ2) is 3.95. The molecule has 72 valence electrons. The topological polar surface area (TPSA) is 32.9 Å². The molecule has 0 atom stereocenters. The molecule has 0 spiro atoms. The predicted octanol–water partition coefficient (Wildman–Crippen LogP) is 2.35. The Hall–Kier alpha value is -0.780. The third kappa shape index (κ3) is 2.12. The van der Waals surface area contributed by atoms with Crippen LogP contribution in [0.4, 0.5) is 13.2 Å². The monoisotopic (exact) mass is 255 g/mol. The molecule has 1 heterocycles. The normalized spacial score (nSPS) is 10.8. The standard InChI is InChI=1S/C7H5BrF3NO/c8-2-4-6(9)3(7(10)11)1-5(13)12-4/h1,7H,2H2,(H,12,13). The molecule has 0 aromatic carbocycles. The molecular weight excluding hydrogens is 251 g/mol. The van der Waals surface area contributed by atoms with E-state index in [1.807, 2.05) is 0 Å². The minimum atomic E-state index is -2.97. The summed E-state index contributed by atoms with van der Waals surface area (Å²) in [6, 6.07) is 0.562. The Morgan fingerprint density at radius 2 is 2.15 bits per heavy atom. The van der Waals surface area contributed by atoms with Gasteiger partial charge < -0.3 is 4.98 Å². The number of aromatic amines is 1. The van der Waals surface area contributed by atoms with Gasteiger partial charge in [-0.2, -0.15) is 0 Å². The van der Waals surface area contributed by atoms with E-state index in [9.17, 15) is 18.0 Å². The molecule has 0 radical (unpaired) electrons. The second-order valence-corrected chi connectivity index (χ2v) is 2.88. The van der Waals surface area contributed by atoms with E-state index in [4.69, 9.17) is 0 Å². The average Bonchev–Trinajstić information content (AvgIpc) is 2.08. The minimum absolute atomic E-state index is 0.00532. The van der Waals surface area contributed by atoms with E-state index < -0.39 is 23.4 Å². The Balaban J connectivity index is 3.36. The Morgan fingerprint density at radius 1 is 1.54 bits per heavy atom. The molecular formula is C7H5BrF3NO. The number of nitrogens with one attached hydrogen (secondary N) is 1. The molecule has 0 fully saturated rings. The highest BCUT2D eigenvalue weighted by atomic mass is 79.9. The van der Waals surface area contributed by atoms with Crippen molar-refractivity contribution in [3.05, 3.63) is 33.5 Å². The lowest BCUT2D eigenvalue weighted by Crippen LogP contribution is -2.12. The lowest BCUT2D eigenvalue weighted by molar-refractivity contribution is 0.145. The van der Waals surface area contributed by atoms with Gasteiger partial charge >= 0.3 is 0 Å². The molecule has 6 heteroatoms. The zero-order chi connectivity index (χ0) is 10.0. The van der Waals surface area contributed by atoms with Gasteiger partial charge in [0.2, 0.25) is 5.56 Å². The van der Waals surface area contributed by atoms with Crippen LogP contribution in [0.3, 0.4) is 0 Å². The largest absolute Gasteiger partial charge is 0.323 e. The van der Waals surface area contributed by atoms with Crippen LogP contribution in [-0.2, 0) is 5.33 Å². The third-order valence-corrected chi connectivity index (χ3v) is 2.01. The fourth-order valence-electron chi connectivity index (χ4n) is 0.869. The smallest absolute Gasteiger partial charge is 0.266 e. The highest BCUT2D eigenvalue weighted by molar-refractivity contribution is 9.08. The summed E-state index contributed by atoms with van der Waals surface area (Å²) < 4.78 is 37.3. The van der Waals surface area contributed by atoms with Gasteiger partial charge in [0.05, 0.1) is 11.3 Å². The van der Waals surface area contributed by atoms with Crippen molar-refractivity contribution in [2.45, 2.75) is 11.8 Å². The lowest BCUT2D eigenvalue weighted by Gasteiger charge is -2.04. The maximum atomic E-state index is 13.0. The maximum Gasteiger partial charge on any atom is 0.266 e. The van der Waals surface area contributed by atoms with Crippen molar-refractivity contribution >= 4 is 15.9 Å². The van der Waals surface area contributed by atoms with Crippen molar-refractivity contribution < 1.29 is 13.2 Å². The van der Waals surface area contributed by atoms with E-state index in [0.29, 0.717) is 6.07 Å². The number of hydrogen-bond acceptors (Lipinski definition) is 1. The van der Waals surface area contributed by atoms with Crippen molar-refractivity contribution in [1.82, 2.24) is 4.98 Å². The number of aromatic nitrogens is 1. The fraction of sp³-hybridized carbons (Fsp3) is 0.286. The van der Waals surface area contributed by atoms with E-state index in [-0.39, 0.29) is 11.0 Å². The van der Waals surface area contributed by atoms with Gasteiger partial charge in [0.1, 0.15) is 0 Å². The van der Waals surface area contributed by atoms with Crippen molar-refractivity contribution in [2.75, 3.05) is 0 Å². The van der Waals surface area contributed by atoms with Gasteiger partial charge in [-0.05, 0) is 0 Å². The Labute approximate surface area is 79.9 Å². The van der Waals surface area contributed by atoms with Crippen LogP contribution in [0.1, 0.15) is 17.7 Å². The summed E-state index contributed by atoms with van der Waals surface area (Å²) in [5, 5.41) is -0.00532. The second-order valence-electron chi connectivity index (χ2n) is 2.32. The lowest BCUT2D eigenvalue weighted by atomic mass is 10.2. The first-order chi connectivity index (χ1) is 6.06. The van der Waals surface area contributed by atoms with Gasteiger partial charge in [-0.3, -0.25) is 4.79 Å². The Bertz CT molecular complexity index is 363. The summed E-state index contributed by atoms with van der Waals surface area (Å²) in [5.74, 6) is -1.06. The number of H-pyrrole nitrogens is 1. The molecule has 2 nitrogen and oxygen atoms in total. The SMILES string of the molecule is O=c1cc(C(F)F)c(F)c(CBr)[nH]1. The van der Waals surface area contributed by atoms with Crippen molar-refractivity contribution in [2.24, 2.45) is 0 Å². The van der Waals surface area contributed by atoms with E-state index in [1.165, 1.54) is 0 Å². The van der Waals surface area contributed by atoms with Gasteiger partial charge in [0, 0.05) is 11.4 Å². The molecule has 0 amide bonds. The molecule has 0 bridgehead atoms. The van der Waals surface area contributed by atoms with Crippen molar-refractivity contribution in [3.8, 4) is 0 Å². The highest BCUT2D eigenvalue weighted by Crippen LogP contribution is 2.22. The number of pyridine rings is 1. The first kappa shape index (κ1) is 10.3. The van der Waals surface area contributed by atoms with E-state index in [0.717, 1.165) is 0 Å². The van der Waals surface area contributed by atoms with Crippen LogP contribution >= 0.6 is 15.9 Å². The maximum absolute atomic E-state index is 13.0. The van der Waals surface area contributed by atoms with Gasteiger partial charge in [0.25, 0.3) is 6.43 Å². The van der Waals surface area contributed by atoms with E-state index in [2.05, 4.69) is 20.9 Å². The van der Waals surface area contributed by atoms with Crippen LogP contribution in [0, 0.1) is 5.82 Å². The van der Waals surface area contributed by atoms with Crippen molar-refractivity contribution in [1.29, 1.82) is 0 Å². The minimum Gasteiger partial charge on any atom is -0.323 e. The molecule has 0 aliphatic rings. The molecule has 0 aliphatic carbocycles. The van der Waals surface area contributed by atoms with Gasteiger partial charge in [0.15, 0.2) is 5.82 Å². The number of halogens is 4. The first-order valence-corrected chi connectivity index (χ1v) is 4.44. The predicted molar refractivity (Wildman–Crippen MR) is 44.6 cm³/mol. The Morgan fingerprint density at radius 3 is 2.62 bits per heavy atom. The fourth-order valence-corrected chi connectivity index (χ4v) is 1.26. The molecule has 1 aromatic rings. The molecule has 0 saturated heterocycles. The summed E-state index contributed by atoms with van der Waals surface area (Å²) in [6.07, 6.45) is -2.97. The zero-order valence-corrected chi connectivity index (χ0v) is 7.87. The van der Waals surface area contributed by atoms with Crippen LogP contribution < -0.4 is 5.56 Å². The van der Waals surface area contributed by atoms with Crippen LogP contribution in [-0.4, -0.2) is 4.98 Å². The molecule has 1 N–H and O–H groups in total. The van der Waals surface area contributed by atoms with Crippen molar-refractivity contribution in [3.63, 3.8) is 0 Å². The number of alkyl halides is 3. The molecule has 0 aliphatic heterocycles. The highest BCUT2D eigenvalue weighted by Gasteiger charge is 2.17. The summed E-state index contributed by atoms with van der Waals surface area (Å²) in [6.45, 7) is 0. The van der Waals surface area contributed by atoms with Gasteiger partial charge in [-0.25, -0.2) is 13.2 Å². The third-order valence-electron chi connectivity index (χ3n) is 1.45. The summed E-state index contributed by atoms with van der Waals surface area (Å²) in [4.78, 5) is 12.9. The summed E-state index contributed by atoms with van der Waals surface area (Å²) in [7, 11) is 0. The molecule has 1 aromatic heterocycles. The average molecular weight is 256 g/mol. The molecule has 1 rings (SSSR count). The van der Waals surface area contributed by atoms with Crippen LogP contribution in [0.15, 0.2) is 10.9 Å². The van der Waals surface area contributed by atoms with Gasteiger partial charge in [-0.1, -0.05) is 15.9 Å². The number of hydrogen-bond donors (Lipinski definition) is 1.